The van der Waals surface area contributed by atoms with Crippen molar-refractivity contribution in [2.75, 3.05) is 9.80 Å². The SMILES string of the molecule is C1=CCCC(N(c2ccc(-c3ccc(-c4ccc(N(c5ccccc5)c5cccc6ccccc56)cc4)cc3)cc2)c2cccc3c2CCC=C3)=C1. The number of fused-ring (bicyclic) bond motifs is 2. The van der Waals surface area contributed by atoms with Crippen molar-refractivity contribution in [2.45, 2.75) is 25.7 Å². The Hall–Kier alpha value is -6.38. The van der Waals surface area contributed by atoms with E-state index in [1.54, 1.807) is 0 Å². The van der Waals surface area contributed by atoms with E-state index in [-0.39, 0.29) is 0 Å². The Bertz CT molecular complexity index is 2430. The molecule has 0 unspecified atom stereocenters. The van der Waals surface area contributed by atoms with Crippen LogP contribution in [-0.4, -0.2) is 0 Å². The zero-order valence-corrected chi connectivity index (χ0v) is 29.2. The minimum Gasteiger partial charge on any atom is -0.314 e. The molecule has 7 aromatic carbocycles. The molecule has 250 valence electrons. The number of benzene rings is 7. The summed E-state index contributed by atoms with van der Waals surface area (Å²) in [6.07, 6.45) is 15.6. The van der Waals surface area contributed by atoms with Crippen LogP contribution in [0.4, 0.5) is 28.4 Å². The maximum atomic E-state index is 2.48. The fraction of sp³-hybridized carbons (Fsp3) is 0.0800. The zero-order valence-electron chi connectivity index (χ0n) is 29.2. The highest BCUT2D eigenvalue weighted by Crippen LogP contribution is 2.41. The molecular formula is C50H40N2. The molecule has 9 rings (SSSR count). The van der Waals surface area contributed by atoms with Crippen molar-refractivity contribution in [1.82, 2.24) is 0 Å². The van der Waals surface area contributed by atoms with Gasteiger partial charge in [0.25, 0.3) is 0 Å². The van der Waals surface area contributed by atoms with E-state index >= 15 is 0 Å². The van der Waals surface area contributed by atoms with E-state index in [1.165, 1.54) is 66.9 Å². The molecule has 0 amide bonds. The number of hydrogen-bond acceptors (Lipinski definition) is 2. The summed E-state index contributed by atoms with van der Waals surface area (Å²) in [5, 5.41) is 2.46. The van der Waals surface area contributed by atoms with Crippen LogP contribution in [0.25, 0.3) is 39.1 Å². The monoisotopic (exact) mass is 668 g/mol. The van der Waals surface area contributed by atoms with Crippen LogP contribution in [0, 0.1) is 0 Å². The zero-order chi connectivity index (χ0) is 34.7. The fourth-order valence-electron chi connectivity index (χ4n) is 7.77. The van der Waals surface area contributed by atoms with Crippen molar-refractivity contribution in [3.8, 4) is 22.3 Å². The van der Waals surface area contributed by atoms with Crippen LogP contribution in [0.3, 0.4) is 0 Å². The highest BCUT2D eigenvalue weighted by Gasteiger charge is 2.21. The van der Waals surface area contributed by atoms with Crippen molar-refractivity contribution >= 4 is 45.3 Å². The predicted molar refractivity (Wildman–Crippen MR) is 222 cm³/mol. The van der Waals surface area contributed by atoms with Gasteiger partial charge in [-0.05, 0) is 119 Å². The molecule has 0 spiro atoms. The third-order valence-electron chi connectivity index (χ3n) is 10.4. The predicted octanol–water partition coefficient (Wildman–Crippen LogP) is 14.0. The van der Waals surface area contributed by atoms with Gasteiger partial charge in [-0.1, -0.05) is 140 Å². The summed E-state index contributed by atoms with van der Waals surface area (Å²) in [7, 11) is 0. The third kappa shape index (κ3) is 6.14. The van der Waals surface area contributed by atoms with Gasteiger partial charge in [0, 0.05) is 33.8 Å². The normalized spacial score (nSPS) is 13.4. The minimum absolute atomic E-state index is 1.04. The molecule has 2 heteroatoms. The summed E-state index contributed by atoms with van der Waals surface area (Å²) in [5.74, 6) is 0. The van der Waals surface area contributed by atoms with Gasteiger partial charge in [-0.3, -0.25) is 0 Å². The van der Waals surface area contributed by atoms with Gasteiger partial charge < -0.3 is 9.80 Å². The maximum Gasteiger partial charge on any atom is 0.0540 e. The van der Waals surface area contributed by atoms with Crippen molar-refractivity contribution in [2.24, 2.45) is 0 Å². The van der Waals surface area contributed by atoms with Gasteiger partial charge in [0.1, 0.15) is 0 Å². The topological polar surface area (TPSA) is 6.48 Å². The molecule has 52 heavy (non-hydrogen) atoms. The van der Waals surface area contributed by atoms with Crippen LogP contribution in [0.5, 0.6) is 0 Å². The van der Waals surface area contributed by atoms with Gasteiger partial charge in [0.05, 0.1) is 5.69 Å². The summed E-state index contributed by atoms with van der Waals surface area (Å²) in [6, 6.07) is 59.5. The van der Waals surface area contributed by atoms with E-state index in [2.05, 4.69) is 204 Å². The molecule has 0 N–H and O–H groups in total. The summed E-state index contributed by atoms with van der Waals surface area (Å²) >= 11 is 0. The molecule has 2 aliphatic carbocycles. The number of anilines is 5. The maximum absolute atomic E-state index is 2.48. The molecule has 0 saturated carbocycles. The molecule has 0 saturated heterocycles. The van der Waals surface area contributed by atoms with Crippen LogP contribution < -0.4 is 9.80 Å². The lowest BCUT2D eigenvalue weighted by Gasteiger charge is -2.32. The van der Waals surface area contributed by atoms with E-state index in [1.807, 2.05) is 0 Å². The lowest BCUT2D eigenvalue weighted by atomic mass is 9.94. The number of para-hydroxylation sites is 1. The van der Waals surface area contributed by atoms with Gasteiger partial charge in [0.2, 0.25) is 0 Å². The van der Waals surface area contributed by atoms with Crippen LogP contribution in [0.15, 0.2) is 194 Å². The number of rotatable bonds is 8. The van der Waals surface area contributed by atoms with Gasteiger partial charge in [0.15, 0.2) is 0 Å². The second-order valence-corrected chi connectivity index (χ2v) is 13.6. The number of nitrogens with zero attached hydrogens (tertiary/aromatic N) is 2. The molecule has 0 atom stereocenters. The Balaban J connectivity index is 0.990. The summed E-state index contributed by atoms with van der Waals surface area (Å²) in [4.78, 5) is 4.84. The van der Waals surface area contributed by atoms with Gasteiger partial charge >= 0.3 is 0 Å². The van der Waals surface area contributed by atoms with E-state index in [0.717, 1.165) is 37.1 Å². The van der Waals surface area contributed by atoms with Gasteiger partial charge in [-0.25, -0.2) is 0 Å². The lowest BCUT2D eigenvalue weighted by molar-refractivity contribution is 0.904. The number of allylic oxidation sites excluding steroid dienone is 5. The number of hydrogen-bond donors (Lipinski definition) is 0. The highest BCUT2D eigenvalue weighted by molar-refractivity contribution is 5.99. The summed E-state index contributed by atoms with van der Waals surface area (Å²) < 4.78 is 0. The first kappa shape index (κ1) is 31.6. The average molecular weight is 669 g/mol. The average Bonchev–Trinajstić information content (AvgIpc) is 3.23. The van der Waals surface area contributed by atoms with E-state index in [9.17, 15) is 0 Å². The molecule has 7 aromatic rings. The first-order valence-electron chi connectivity index (χ1n) is 18.4. The Morgan fingerprint density at radius 1 is 0.404 bits per heavy atom. The molecule has 2 aliphatic rings. The van der Waals surface area contributed by atoms with E-state index in [4.69, 9.17) is 0 Å². The molecule has 2 nitrogen and oxygen atoms in total. The molecule has 0 bridgehead atoms. The Labute approximate surface area is 306 Å². The van der Waals surface area contributed by atoms with Crippen molar-refractivity contribution in [1.29, 1.82) is 0 Å². The first-order chi connectivity index (χ1) is 25.8. The fourth-order valence-corrected chi connectivity index (χ4v) is 7.77. The van der Waals surface area contributed by atoms with Crippen LogP contribution in [0.1, 0.15) is 30.4 Å². The van der Waals surface area contributed by atoms with Crippen molar-refractivity contribution in [3.63, 3.8) is 0 Å². The van der Waals surface area contributed by atoms with Crippen molar-refractivity contribution in [3.05, 3.63) is 205 Å². The Morgan fingerprint density at radius 2 is 0.962 bits per heavy atom. The standard InChI is InChI=1S/C50H40N2/c1-3-17-43(18-4-1)51(49-23-11-15-41-13-7-9-21-47(41)49)45-33-29-39(30-34-45)37-25-27-38(28-26-37)40-31-35-46(36-32-40)52(44-19-5-2-6-20-44)50-24-12-16-42-14-8-10-22-48(42)50/h1-5,7-9,11-19,21,23-36H,6,10,20,22H2. The molecule has 0 aromatic heterocycles. The highest BCUT2D eigenvalue weighted by atomic mass is 15.2. The molecule has 0 aliphatic heterocycles. The molecule has 0 fully saturated rings. The van der Waals surface area contributed by atoms with Crippen molar-refractivity contribution < 1.29 is 0 Å². The second kappa shape index (κ2) is 14.1. The van der Waals surface area contributed by atoms with E-state index in [0.29, 0.717) is 0 Å². The Kier molecular flexibility index (Phi) is 8.56. The van der Waals surface area contributed by atoms with Crippen LogP contribution in [-0.2, 0) is 6.42 Å². The minimum atomic E-state index is 1.04. The lowest BCUT2D eigenvalue weighted by Crippen LogP contribution is -2.19. The molecular weight excluding hydrogens is 629 g/mol. The smallest absolute Gasteiger partial charge is 0.0540 e. The summed E-state index contributed by atoms with van der Waals surface area (Å²) in [6.45, 7) is 0. The Morgan fingerprint density at radius 3 is 1.65 bits per heavy atom. The first-order valence-corrected chi connectivity index (χ1v) is 18.4. The quantitative estimate of drug-likeness (QED) is 0.159. The second-order valence-electron chi connectivity index (χ2n) is 13.6. The molecule has 0 radical (unpaired) electrons. The molecule has 0 heterocycles. The third-order valence-corrected chi connectivity index (χ3v) is 10.4. The van der Waals surface area contributed by atoms with Crippen LogP contribution >= 0.6 is 0 Å². The largest absolute Gasteiger partial charge is 0.314 e. The van der Waals surface area contributed by atoms with E-state index < -0.39 is 0 Å². The van der Waals surface area contributed by atoms with Gasteiger partial charge in [-0.2, -0.15) is 0 Å². The summed E-state index contributed by atoms with van der Waals surface area (Å²) in [5.41, 5.74) is 14.9. The van der Waals surface area contributed by atoms with Crippen LogP contribution in [0.2, 0.25) is 0 Å². The van der Waals surface area contributed by atoms with Gasteiger partial charge in [-0.15, -0.1) is 0 Å².